The first-order valence-corrected chi connectivity index (χ1v) is 10.1. The predicted molar refractivity (Wildman–Crippen MR) is 113 cm³/mol. The van der Waals surface area contributed by atoms with E-state index in [0.29, 0.717) is 5.56 Å². The zero-order chi connectivity index (χ0) is 24.6. The van der Waals surface area contributed by atoms with Crippen LogP contribution in [0.15, 0.2) is 48.5 Å². The van der Waals surface area contributed by atoms with Crippen LogP contribution in [-0.4, -0.2) is 36.8 Å². The van der Waals surface area contributed by atoms with E-state index in [2.05, 4.69) is 15.4 Å². The highest BCUT2D eigenvalue weighted by atomic mass is 19.4. The number of esters is 1. The molecule has 0 aliphatic heterocycles. The second-order valence-electron chi connectivity index (χ2n) is 7.55. The SMILES string of the molecule is Cc1ccccc1C(=O)N[C@H](C(=O)OCC(=O)NCc1ccccc1OC(F)(F)F)C(C)C. The maximum Gasteiger partial charge on any atom is 0.573 e. The molecule has 7 nitrogen and oxygen atoms in total. The second kappa shape index (κ2) is 11.3. The Hall–Kier alpha value is -3.56. The fourth-order valence-electron chi connectivity index (χ4n) is 2.89. The van der Waals surface area contributed by atoms with Crippen molar-refractivity contribution in [2.45, 2.75) is 39.7 Å². The lowest BCUT2D eigenvalue weighted by Crippen LogP contribution is -2.46. The molecule has 0 saturated carbocycles. The summed E-state index contributed by atoms with van der Waals surface area (Å²) in [5.41, 5.74) is 1.24. The van der Waals surface area contributed by atoms with E-state index in [-0.39, 0.29) is 18.0 Å². The largest absolute Gasteiger partial charge is 0.573 e. The summed E-state index contributed by atoms with van der Waals surface area (Å²) in [5, 5.41) is 4.99. The van der Waals surface area contributed by atoms with Crippen LogP contribution in [0, 0.1) is 12.8 Å². The van der Waals surface area contributed by atoms with E-state index in [1.165, 1.54) is 18.2 Å². The maximum atomic E-state index is 12.5. The van der Waals surface area contributed by atoms with E-state index in [4.69, 9.17) is 4.74 Å². The first-order valence-electron chi connectivity index (χ1n) is 10.1. The molecule has 0 bridgehead atoms. The Morgan fingerprint density at radius 1 is 1.00 bits per heavy atom. The molecule has 33 heavy (non-hydrogen) atoms. The van der Waals surface area contributed by atoms with Gasteiger partial charge in [-0.3, -0.25) is 9.59 Å². The highest BCUT2D eigenvalue weighted by Gasteiger charge is 2.32. The van der Waals surface area contributed by atoms with Crippen LogP contribution in [0.5, 0.6) is 5.75 Å². The Bertz CT molecular complexity index is 992. The van der Waals surface area contributed by atoms with Crippen LogP contribution in [0.4, 0.5) is 13.2 Å². The monoisotopic (exact) mass is 466 g/mol. The highest BCUT2D eigenvalue weighted by Crippen LogP contribution is 2.26. The Kier molecular flexibility index (Phi) is 8.84. The molecule has 0 spiro atoms. The van der Waals surface area contributed by atoms with Crippen molar-refractivity contribution in [3.63, 3.8) is 0 Å². The van der Waals surface area contributed by atoms with Crippen LogP contribution < -0.4 is 15.4 Å². The third kappa shape index (κ3) is 8.13. The highest BCUT2D eigenvalue weighted by molar-refractivity contribution is 5.98. The van der Waals surface area contributed by atoms with Gasteiger partial charge < -0.3 is 20.1 Å². The molecule has 0 aromatic heterocycles. The minimum absolute atomic E-state index is 0.0973. The summed E-state index contributed by atoms with van der Waals surface area (Å²) in [6.45, 7) is 4.26. The van der Waals surface area contributed by atoms with Gasteiger partial charge in [-0.05, 0) is 30.5 Å². The van der Waals surface area contributed by atoms with Crippen molar-refractivity contribution in [1.29, 1.82) is 0 Å². The van der Waals surface area contributed by atoms with Crippen molar-refractivity contribution in [3.8, 4) is 5.75 Å². The minimum atomic E-state index is -4.87. The van der Waals surface area contributed by atoms with E-state index >= 15 is 0 Å². The molecule has 2 rings (SSSR count). The van der Waals surface area contributed by atoms with Gasteiger partial charge in [0.05, 0.1) is 0 Å². The third-order valence-electron chi connectivity index (χ3n) is 4.62. The Labute approximate surface area is 189 Å². The molecular formula is C23H25F3N2O5. The van der Waals surface area contributed by atoms with Crippen LogP contribution in [0.2, 0.25) is 0 Å². The lowest BCUT2D eigenvalue weighted by atomic mass is 10.0. The number of ether oxygens (including phenoxy) is 2. The lowest BCUT2D eigenvalue weighted by molar-refractivity contribution is -0.274. The second-order valence-corrected chi connectivity index (χ2v) is 7.55. The lowest BCUT2D eigenvalue weighted by Gasteiger charge is -2.21. The summed E-state index contributed by atoms with van der Waals surface area (Å²) in [4.78, 5) is 37.0. The average Bonchev–Trinajstić information content (AvgIpc) is 2.74. The predicted octanol–water partition coefficient (Wildman–Crippen LogP) is 3.51. The fourth-order valence-corrected chi connectivity index (χ4v) is 2.89. The molecule has 0 aliphatic carbocycles. The van der Waals surface area contributed by atoms with Crippen LogP contribution in [0.1, 0.15) is 35.3 Å². The molecule has 2 N–H and O–H groups in total. The average molecular weight is 466 g/mol. The molecular weight excluding hydrogens is 441 g/mol. The van der Waals surface area contributed by atoms with Crippen LogP contribution in [0.3, 0.4) is 0 Å². The smallest absolute Gasteiger partial charge is 0.454 e. The number of alkyl halides is 3. The van der Waals surface area contributed by atoms with E-state index < -0.39 is 42.5 Å². The van der Waals surface area contributed by atoms with E-state index in [1.54, 1.807) is 45.0 Å². The van der Waals surface area contributed by atoms with Gasteiger partial charge in [0.25, 0.3) is 11.8 Å². The number of carbonyl (C=O) groups is 3. The molecule has 1 atom stereocenters. The van der Waals surface area contributed by atoms with E-state index in [0.717, 1.165) is 11.6 Å². The van der Waals surface area contributed by atoms with Gasteiger partial charge in [0.15, 0.2) is 6.61 Å². The van der Waals surface area contributed by atoms with E-state index in [9.17, 15) is 27.6 Å². The van der Waals surface area contributed by atoms with Gasteiger partial charge in [-0.15, -0.1) is 13.2 Å². The summed E-state index contributed by atoms with van der Waals surface area (Å²) < 4.78 is 46.4. The van der Waals surface area contributed by atoms with Crippen LogP contribution >= 0.6 is 0 Å². The van der Waals surface area contributed by atoms with Gasteiger partial charge in [-0.2, -0.15) is 0 Å². The molecule has 0 heterocycles. The Balaban J connectivity index is 1.91. The number of aryl methyl sites for hydroxylation is 1. The first kappa shape index (κ1) is 25.7. The molecule has 0 aliphatic rings. The van der Waals surface area contributed by atoms with Gasteiger partial charge in [0, 0.05) is 17.7 Å². The molecule has 0 fully saturated rings. The molecule has 2 aromatic carbocycles. The molecule has 2 amide bonds. The van der Waals surface area contributed by atoms with Crippen LogP contribution in [0.25, 0.3) is 0 Å². The number of benzene rings is 2. The summed E-state index contributed by atoms with van der Waals surface area (Å²) in [6, 6.07) is 11.2. The zero-order valence-corrected chi connectivity index (χ0v) is 18.4. The van der Waals surface area contributed by atoms with Gasteiger partial charge in [0.2, 0.25) is 0 Å². The molecule has 0 radical (unpaired) electrons. The first-order chi connectivity index (χ1) is 15.5. The number of hydrogen-bond acceptors (Lipinski definition) is 5. The zero-order valence-electron chi connectivity index (χ0n) is 18.4. The number of rotatable bonds is 9. The van der Waals surface area contributed by atoms with Gasteiger partial charge in [0.1, 0.15) is 11.8 Å². The molecule has 0 saturated heterocycles. The van der Waals surface area contributed by atoms with E-state index in [1.807, 2.05) is 0 Å². The number of hydrogen-bond donors (Lipinski definition) is 2. The van der Waals surface area contributed by atoms with Crippen LogP contribution in [-0.2, 0) is 20.9 Å². The number of nitrogens with one attached hydrogen (secondary N) is 2. The Morgan fingerprint density at radius 2 is 1.64 bits per heavy atom. The van der Waals surface area contributed by atoms with Crippen molar-refractivity contribution < 1.29 is 37.0 Å². The number of amides is 2. The van der Waals surface area contributed by atoms with Crippen molar-refractivity contribution >= 4 is 17.8 Å². The summed E-state index contributed by atoms with van der Waals surface area (Å²) in [6.07, 6.45) is -4.87. The minimum Gasteiger partial charge on any atom is -0.454 e. The van der Waals surface area contributed by atoms with Gasteiger partial charge >= 0.3 is 12.3 Å². The van der Waals surface area contributed by atoms with Gasteiger partial charge in [-0.25, -0.2) is 4.79 Å². The summed E-state index contributed by atoms with van der Waals surface area (Å²) >= 11 is 0. The topological polar surface area (TPSA) is 93.7 Å². The molecule has 10 heteroatoms. The maximum absolute atomic E-state index is 12.5. The summed E-state index contributed by atoms with van der Waals surface area (Å²) in [5.74, 6) is -2.74. The van der Waals surface area contributed by atoms with Crippen molar-refractivity contribution in [3.05, 3.63) is 65.2 Å². The third-order valence-corrected chi connectivity index (χ3v) is 4.62. The number of carbonyl (C=O) groups excluding carboxylic acids is 3. The molecule has 0 unspecified atom stereocenters. The normalized spacial score (nSPS) is 12.1. The molecule has 2 aromatic rings. The van der Waals surface area contributed by atoms with Crippen molar-refractivity contribution in [2.75, 3.05) is 6.61 Å². The quantitative estimate of drug-likeness (QED) is 0.552. The number of halogens is 3. The fraction of sp³-hybridized carbons (Fsp3) is 0.348. The number of para-hydroxylation sites is 1. The Morgan fingerprint density at radius 3 is 2.27 bits per heavy atom. The molecule has 178 valence electrons. The van der Waals surface area contributed by atoms with Crippen molar-refractivity contribution in [1.82, 2.24) is 10.6 Å². The summed E-state index contributed by atoms with van der Waals surface area (Å²) in [7, 11) is 0. The van der Waals surface area contributed by atoms with Crippen molar-refractivity contribution in [2.24, 2.45) is 5.92 Å². The standard InChI is InChI=1S/C23H25F3N2O5/c1-14(2)20(28-21(30)17-10-6-4-8-15(17)3)22(31)32-13-19(29)27-12-16-9-5-7-11-18(16)33-23(24,25)26/h4-11,14,20H,12-13H2,1-3H3,(H,27,29)(H,28,30)/t20-/m0/s1. The van der Waals surface area contributed by atoms with Gasteiger partial charge in [-0.1, -0.05) is 50.2 Å².